The summed E-state index contributed by atoms with van der Waals surface area (Å²) >= 11 is 0. The predicted molar refractivity (Wildman–Crippen MR) is 96.2 cm³/mol. The molecule has 26 heavy (non-hydrogen) atoms. The monoisotopic (exact) mass is 357 g/mol. The van der Waals surface area contributed by atoms with Crippen molar-refractivity contribution in [3.05, 3.63) is 77.4 Å². The van der Waals surface area contributed by atoms with Gasteiger partial charge in [-0.1, -0.05) is 24.3 Å². The van der Waals surface area contributed by atoms with E-state index in [0.717, 1.165) is 24.0 Å². The van der Waals surface area contributed by atoms with Gasteiger partial charge in [-0.05, 0) is 54.3 Å². The molecular formula is C21H21F2NO2. The molecule has 3 rings (SSSR count). The number of carbonyl (C=O) groups excluding carboxylic acids is 1. The lowest BCUT2D eigenvalue weighted by Gasteiger charge is -2.24. The molecular weight excluding hydrogens is 336 g/mol. The Balaban J connectivity index is 1.72. The number of halogens is 2. The van der Waals surface area contributed by atoms with Crippen LogP contribution in [0.1, 0.15) is 24.0 Å². The molecule has 3 nitrogen and oxygen atoms in total. The molecule has 1 aliphatic rings. The fourth-order valence-corrected chi connectivity index (χ4v) is 2.97. The summed E-state index contributed by atoms with van der Waals surface area (Å²) in [6.45, 7) is 1.48. The number of benzene rings is 2. The van der Waals surface area contributed by atoms with Gasteiger partial charge in [-0.3, -0.25) is 4.79 Å². The first-order chi connectivity index (χ1) is 12.6. The smallest absolute Gasteiger partial charge is 0.246 e. The summed E-state index contributed by atoms with van der Waals surface area (Å²) in [5.41, 5.74) is 1.47. The Kier molecular flexibility index (Phi) is 6.12. The van der Waals surface area contributed by atoms with Gasteiger partial charge in [0.2, 0.25) is 5.91 Å². The van der Waals surface area contributed by atoms with Crippen LogP contribution in [0.3, 0.4) is 0 Å². The molecule has 0 aromatic heterocycles. The molecule has 1 fully saturated rings. The first-order valence-electron chi connectivity index (χ1n) is 8.69. The highest BCUT2D eigenvalue weighted by atomic mass is 19.1. The lowest BCUT2D eigenvalue weighted by molar-refractivity contribution is -0.128. The van der Waals surface area contributed by atoms with Crippen LogP contribution in [-0.4, -0.2) is 30.1 Å². The minimum absolute atomic E-state index is 0.00623. The molecule has 0 spiro atoms. The van der Waals surface area contributed by atoms with Crippen molar-refractivity contribution < 1.29 is 18.3 Å². The summed E-state index contributed by atoms with van der Waals surface area (Å²) in [7, 11) is 0. The maximum absolute atomic E-state index is 13.5. The van der Waals surface area contributed by atoms with Gasteiger partial charge in [0.25, 0.3) is 0 Å². The van der Waals surface area contributed by atoms with E-state index < -0.39 is 0 Å². The third-order valence-corrected chi connectivity index (χ3v) is 4.31. The molecule has 1 unspecified atom stereocenters. The third kappa shape index (κ3) is 5.23. The number of hydrogen-bond donors (Lipinski definition) is 0. The van der Waals surface area contributed by atoms with E-state index >= 15 is 0 Å². The molecule has 2 aromatic carbocycles. The van der Waals surface area contributed by atoms with Gasteiger partial charge in [-0.15, -0.1) is 0 Å². The van der Waals surface area contributed by atoms with Crippen LogP contribution < -0.4 is 0 Å². The highest BCUT2D eigenvalue weighted by Crippen LogP contribution is 2.16. The van der Waals surface area contributed by atoms with Gasteiger partial charge in [-0.2, -0.15) is 0 Å². The van der Waals surface area contributed by atoms with E-state index in [9.17, 15) is 13.6 Å². The second kappa shape index (κ2) is 8.72. The standard InChI is InChI=1S/C21H21F2NO2/c22-18-9-6-16(7-10-18)8-11-21(25)24(15-20-5-2-12-26-20)14-17-3-1-4-19(23)13-17/h1,3-4,6-11,13,20H,2,5,12,14-15H2. The van der Waals surface area contributed by atoms with E-state index in [4.69, 9.17) is 4.74 Å². The number of amides is 1. The Morgan fingerprint density at radius 2 is 1.96 bits per heavy atom. The molecule has 0 saturated carbocycles. The minimum Gasteiger partial charge on any atom is -0.376 e. The Labute approximate surface area is 151 Å². The minimum atomic E-state index is -0.325. The van der Waals surface area contributed by atoms with Crippen molar-refractivity contribution in [2.24, 2.45) is 0 Å². The van der Waals surface area contributed by atoms with E-state index in [0.29, 0.717) is 19.7 Å². The molecule has 5 heteroatoms. The van der Waals surface area contributed by atoms with Crippen LogP contribution in [0.4, 0.5) is 8.78 Å². The highest BCUT2D eigenvalue weighted by molar-refractivity contribution is 5.91. The van der Waals surface area contributed by atoms with Gasteiger partial charge in [0, 0.05) is 25.8 Å². The Morgan fingerprint density at radius 3 is 2.65 bits per heavy atom. The fraction of sp³-hybridized carbons (Fsp3) is 0.286. The molecule has 1 aliphatic heterocycles. The van der Waals surface area contributed by atoms with E-state index in [-0.39, 0.29) is 23.6 Å². The average molecular weight is 357 g/mol. The quantitative estimate of drug-likeness (QED) is 0.726. The van der Waals surface area contributed by atoms with Crippen molar-refractivity contribution in [3.63, 3.8) is 0 Å². The molecule has 2 aromatic rings. The van der Waals surface area contributed by atoms with Gasteiger partial charge in [0.05, 0.1) is 6.10 Å². The van der Waals surface area contributed by atoms with Crippen LogP contribution in [0.5, 0.6) is 0 Å². The van der Waals surface area contributed by atoms with Gasteiger partial charge in [0.1, 0.15) is 11.6 Å². The summed E-state index contributed by atoms with van der Waals surface area (Å²) < 4.78 is 32.1. The Bertz CT molecular complexity index is 768. The molecule has 136 valence electrons. The van der Waals surface area contributed by atoms with Crippen LogP contribution >= 0.6 is 0 Å². The van der Waals surface area contributed by atoms with Gasteiger partial charge >= 0.3 is 0 Å². The number of ether oxygens (including phenoxy) is 1. The number of carbonyl (C=O) groups is 1. The van der Waals surface area contributed by atoms with E-state index in [2.05, 4.69) is 0 Å². The second-order valence-electron chi connectivity index (χ2n) is 6.37. The fourth-order valence-electron chi connectivity index (χ4n) is 2.97. The zero-order valence-electron chi connectivity index (χ0n) is 14.4. The summed E-state index contributed by atoms with van der Waals surface area (Å²) in [5, 5.41) is 0. The third-order valence-electron chi connectivity index (χ3n) is 4.31. The average Bonchev–Trinajstić information content (AvgIpc) is 3.13. The lowest BCUT2D eigenvalue weighted by Crippen LogP contribution is -2.35. The first-order valence-corrected chi connectivity index (χ1v) is 8.69. The van der Waals surface area contributed by atoms with Crippen molar-refractivity contribution in [3.8, 4) is 0 Å². The first kappa shape index (κ1) is 18.3. The molecule has 0 bridgehead atoms. The Morgan fingerprint density at radius 1 is 1.15 bits per heavy atom. The maximum Gasteiger partial charge on any atom is 0.246 e. The van der Waals surface area contributed by atoms with Crippen molar-refractivity contribution in [1.82, 2.24) is 4.90 Å². The van der Waals surface area contributed by atoms with Crippen molar-refractivity contribution in [2.45, 2.75) is 25.5 Å². The number of hydrogen-bond acceptors (Lipinski definition) is 2. The summed E-state index contributed by atoms with van der Waals surface area (Å²) in [6, 6.07) is 12.1. The normalized spacial score (nSPS) is 16.9. The summed E-state index contributed by atoms with van der Waals surface area (Å²) in [4.78, 5) is 14.3. The Hall–Kier alpha value is -2.53. The van der Waals surface area contributed by atoms with Crippen molar-refractivity contribution in [1.29, 1.82) is 0 Å². The molecule has 1 heterocycles. The van der Waals surface area contributed by atoms with Crippen LogP contribution in [-0.2, 0) is 16.1 Å². The van der Waals surface area contributed by atoms with Crippen molar-refractivity contribution >= 4 is 12.0 Å². The van der Waals surface area contributed by atoms with Crippen LogP contribution in [0.15, 0.2) is 54.6 Å². The van der Waals surface area contributed by atoms with Crippen LogP contribution in [0.25, 0.3) is 6.08 Å². The molecule has 0 aliphatic carbocycles. The zero-order chi connectivity index (χ0) is 18.4. The van der Waals surface area contributed by atoms with Crippen molar-refractivity contribution in [2.75, 3.05) is 13.2 Å². The molecule has 1 amide bonds. The van der Waals surface area contributed by atoms with Gasteiger partial charge in [0.15, 0.2) is 0 Å². The molecule has 0 radical (unpaired) electrons. The van der Waals surface area contributed by atoms with Gasteiger partial charge in [-0.25, -0.2) is 8.78 Å². The highest BCUT2D eigenvalue weighted by Gasteiger charge is 2.21. The maximum atomic E-state index is 13.5. The molecule has 0 N–H and O–H groups in total. The lowest BCUT2D eigenvalue weighted by atomic mass is 10.1. The van der Waals surface area contributed by atoms with E-state index in [1.165, 1.54) is 30.3 Å². The van der Waals surface area contributed by atoms with E-state index in [1.807, 2.05) is 0 Å². The van der Waals surface area contributed by atoms with Crippen LogP contribution in [0, 0.1) is 11.6 Å². The summed E-state index contributed by atoms with van der Waals surface area (Å²) in [5.74, 6) is -0.831. The predicted octanol–water partition coefficient (Wildman–Crippen LogP) is 4.19. The number of nitrogens with zero attached hydrogens (tertiary/aromatic N) is 1. The summed E-state index contributed by atoms with van der Waals surface area (Å²) in [6.07, 6.45) is 5.01. The van der Waals surface area contributed by atoms with Gasteiger partial charge < -0.3 is 9.64 Å². The largest absolute Gasteiger partial charge is 0.376 e. The number of rotatable bonds is 6. The molecule has 1 saturated heterocycles. The SMILES string of the molecule is O=C(C=Cc1ccc(F)cc1)N(Cc1cccc(F)c1)CC1CCCO1. The van der Waals surface area contributed by atoms with Crippen LogP contribution in [0.2, 0.25) is 0 Å². The second-order valence-corrected chi connectivity index (χ2v) is 6.37. The topological polar surface area (TPSA) is 29.5 Å². The zero-order valence-corrected chi connectivity index (χ0v) is 14.4. The van der Waals surface area contributed by atoms with E-state index in [1.54, 1.807) is 35.2 Å². The molecule has 1 atom stereocenters.